The minimum absolute atomic E-state index is 0.779. The van der Waals surface area contributed by atoms with Crippen LogP contribution < -0.4 is 5.32 Å². The second kappa shape index (κ2) is 5.65. The number of hydrogen-bond donors (Lipinski definition) is 1. The average molecular weight is 277 g/mol. The largest absolute Gasteiger partial charge is 0.314 e. The molecule has 2 saturated carbocycles. The van der Waals surface area contributed by atoms with Crippen LogP contribution in [-0.4, -0.2) is 12.6 Å². The Morgan fingerprint density at radius 2 is 1.48 bits per heavy atom. The van der Waals surface area contributed by atoms with Crippen molar-refractivity contribution in [2.24, 2.45) is 5.92 Å². The highest BCUT2D eigenvalue weighted by molar-refractivity contribution is 5.63. The zero-order valence-corrected chi connectivity index (χ0v) is 12.5. The van der Waals surface area contributed by atoms with Crippen molar-refractivity contribution in [3.63, 3.8) is 0 Å². The molecule has 0 aromatic heterocycles. The topological polar surface area (TPSA) is 12.0 Å². The van der Waals surface area contributed by atoms with E-state index < -0.39 is 0 Å². The second-order valence-electron chi connectivity index (χ2n) is 6.61. The normalized spacial score (nSPS) is 24.6. The van der Waals surface area contributed by atoms with Crippen molar-refractivity contribution in [2.45, 2.75) is 37.6 Å². The predicted molar refractivity (Wildman–Crippen MR) is 88.4 cm³/mol. The SMILES string of the molecule is c1ccc(-c2ccc(C3CCC3CNC3CC3)cc2)cc1. The number of hydrogen-bond acceptors (Lipinski definition) is 1. The van der Waals surface area contributed by atoms with Gasteiger partial charge >= 0.3 is 0 Å². The van der Waals surface area contributed by atoms with E-state index in [2.05, 4.69) is 59.9 Å². The Labute approximate surface area is 127 Å². The minimum Gasteiger partial charge on any atom is -0.314 e. The maximum atomic E-state index is 3.70. The van der Waals surface area contributed by atoms with Gasteiger partial charge in [0.2, 0.25) is 0 Å². The average Bonchev–Trinajstić information content (AvgIpc) is 3.32. The van der Waals surface area contributed by atoms with Crippen LogP contribution in [0.5, 0.6) is 0 Å². The third kappa shape index (κ3) is 2.89. The molecule has 2 fully saturated rings. The van der Waals surface area contributed by atoms with Crippen molar-refractivity contribution in [2.75, 3.05) is 6.54 Å². The number of rotatable bonds is 5. The molecule has 2 aromatic rings. The number of benzene rings is 2. The van der Waals surface area contributed by atoms with Gasteiger partial charge in [-0.2, -0.15) is 0 Å². The molecule has 1 heteroatoms. The van der Waals surface area contributed by atoms with Crippen LogP contribution in [0.1, 0.15) is 37.2 Å². The van der Waals surface area contributed by atoms with Gasteiger partial charge in [-0.25, -0.2) is 0 Å². The highest BCUT2D eigenvalue weighted by Gasteiger charge is 2.33. The first-order valence-electron chi connectivity index (χ1n) is 8.29. The molecule has 2 atom stereocenters. The number of nitrogens with one attached hydrogen (secondary N) is 1. The Bertz CT molecular complexity index is 583. The van der Waals surface area contributed by atoms with Crippen molar-refractivity contribution in [1.29, 1.82) is 0 Å². The molecule has 0 amide bonds. The summed E-state index contributed by atoms with van der Waals surface area (Å²) in [5.41, 5.74) is 4.17. The zero-order valence-electron chi connectivity index (χ0n) is 12.5. The lowest BCUT2D eigenvalue weighted by Crippen LogP contribution is -2.34. The van der Waals surface area contributed by atoms with Crippen molar-refractivity contribution < 1.29 is 0 Å². The van der Waals surface area contributed by atoms with E-state index in [4.69, 9.17) is 0 Å². The molecular weight excluding hydrogens is 254 g/mol. The summed E-state index contributed by atoms with van der Waals surface area (Å²) in [6.45, 7) is 1.22. The molecule has 0 spiro atoms. The predicted octanol–water partition coefficient (Wildman–Crippen LogP) is 4.60. The van der Waals surface area contributed by atoms with E-state index in [1.165, 1.54) is 48.9 Å². The van der Waals surface area contributed by atoms with Crippen LogP contribution in [0.4, 0.5) is 0 Å². The third-order valence-corrected chi connectivity index (χ3v) is 5.11. The molecular formula is C20H23N. The van der Waals surface area contributed by atoms with Gasteiger partial charge in [-0.15, -0.1) is 0 Å². The minimum atomic E-state index is 0.779. The molecule has 0 aliphatic heterocycles. The summed E-state index contributed by atoms with van der Waals surface area (Å²) in [4.78, 5) is 0. The first-order valence-corrected chi connectivity index (χ1v) is 8.29. The second-order valence-corrected chi connectivity index (χ2v) is 6.61. The Morgan fingerprint density at radius 3 is 2.10 bits per heavy atom. The molecule has 0 saturated heterocycles. The monoisotopic (exact) mass is 277 g/mol. The first-order chi connectivity index (χ1) is 10.4. The molecule has 2 unspecified atom stereocenters. The molecule has 2 aliphatic carbocycles. The fraction of sp³-hybridized carbons (Fsp3) is 0.400. The van der Waals surface area contributed by atoms with Crippen LogP contribution in [-0.2, 0) is 0 Å². The van der Waals surface area contributed by atoms with Crippen LogP contribution in [0.2, 0.25) is 0 Å². The Morgan fingerprint density at radius 1 is 0.762 bits per heavy atom. The third-order valence-electron chi connectivity index (χ3n) is 5.11. The summed E-state index contributed by atoms with van der Waals surface area (Å²) in [7, 11) is 0. The van der Waals surface area contributed by atoms with Gasteiger partial charge in [-0.05, 0) is 60.8 Å². The van der Waals surface area contributed by atoms with E-state index in [1.54, 1.807) is 0 Å². The van der Waals surface area contributed by atoms with E-state index in [0.717, 1.165) is 17.9 Å². The van der Waals surface area contributed by atoms with E-state index in [-0.39, 0.29) is 0 Å². The Hall–Kier alpha value is -1.60. The maximum Gasteiger partial charge on any atom is 0.00683 e. The van der Waals surface area contributed by atoms with Gasteiger partial charge in [0.25, 0.3) is 0 Å². The van der Waals surface area contributed by atoms with Gasteiger partial charge in [-0.3, -0.25) is 0 Å². The van der Waals surface area contributed by atoms with Gasteiger partial charge in [0.1, 0.15) is 0 Å². The van der Waals surface area contributed by atoms with Crippen LogP contribution in [0, 0.1) is 5.92 Å². The van der Waals surface area contributed by atoms with Crippen molar-refractivity contribution >= 4 is 0 Å². The van der Waals surface area contributed by atoms with Crippen LogP contribution in [0.3, 0.4) is 0 Å². The van der Waals surface area contributed by atoms with Gasteiger partial charge in [0.15, 0.2) is 0 Å². The van der Waals surface area contributed by atoms with Gasteiger partial charge in [-0.1, -0.05) is 54.6 Å². The smallest absolute Gasteiger partial charge is 0.00683 e. The Kier molecular flexibility index (Phi) is 3.52. The van der Waals surface area contributed by atoms with Crippen molar-refractivity contribution in [3.8, 4) is 11.1 Å². The highest BCUT2D eigenvalue weighted by Crippen LogP contribution is 2.42. The van der Waals surface area contributed by atoms with E-state index in [0.29, 0.717) is 0 Å². The Balaban J connectivity index is 1.43. The summed E-state index contributed by atoms with van der Waals surface area (Å²) < 4.78 is 0. The molecule has 1 N–H and O–H groups in total. The summed E-state index contributed by atoms with van der Waals surface area (Å²) in [5.74, 6) is 1.63. The molecule has 4 rings (SSSR count). The van der Waals surface area contributed by atoms with Gasteiger partial charge < -0.3 is 5.32 Å². The van der Waals surface area contributed by atoms with E-state index in [9.17, 15) is 0 Å². The summed E-state index contributed by atoms with van der Waals surface area (Å²) in [5, 5.41) is 3.70. The summed E-state index contributed by atoms with van der Waals surface area (Å²) in [6, 6.07) is 20.7. The quantitative estimate of drug-likeness (QED) is 0.842. The lowest BCUT2D eigenvalue weighted by Gasteiger charge is -2.37. The molecule has 21 heavy (non-hydrogen) atoms. The zero-order chi connectivity index (χ0) is 14.1. The summed E-state index contributed by atoms with van der Waals surface area (Å²) in [6.07, 6.45) is 5.54. The fourth-order valence-corrected chi connectivity index (χ4v) is 3.41. The highest BCUT2D eigenvalue weighted by atomic mass is 14.9. The van der Waals surface area contributed by atoms with Crippen molar-refractivity contribution in [1.82, 2.24) is 5.32 Å². The van der Waals surface area contributed by atoms with E-state index >= 15 is 0 Å². The van der Waals surface area contributed by atoms with Crippen LogP contribution in [0.15, 0.2) is 54.6 Å². The lowest BCUT2D eigenvalue weighted by molar-refractivity contribution is 0.245. The molecule has 0 bridgehead atoms. The van der Waals surface area contributed by atoms with Crippen LogP contribution in [0.25, 0.3) is 11.1 Å². The van der Waals surface area contributed by atoms with E-state index in [1.807, 2.05) is 0 Å². The van der Waals surface area contributed by atoms with Gasteiger partial charge in [0.05, 0.1) is 0 Å². The molecule has 108 valence electrons. The standard InChI is InChI=1S/C20H23N/c1-2-4-15(5-3-1)16-6-8-17(9-7-16)20-13-10-18(20)14-21-19-11-12-19/h1-9,18-21H,10-14H2. The molecule has 0 heterocycles. The molecule has 0 radical (unpaired) electrons. The first kappa shape index (κ1) is 13.1. The molecule has 1 nitrogen and oxygen atoms in total. The molecule has 2 aliphatic rings. The van der Waals surface area contributed by atoms with Crippen LogP contribution >= 0.6 is 0 Å². The lowest BCUT2D eigenvalue weighted by atomic mass is 9.70. The van der Waals surface area contributed by atoms with Crippen molar-refractivity contribution in [3.05, 3.63) is 60.2 Å². The maximum absolute atomic E-state index is 3.70. The summed E-state index contributed by atoms with van der Waals surface area (Å²) >= 11 is 0. The fourth-order valence-electron chi connectivity index (χ4n) is 3.41. The molecule has 2 aromatic carbocycles. The van der Waals surface area contributed by atoms with Gasteiger partial charge in [0, 0.05) is 6.04 Å².